The SMILES string of the molecule is CCC[N+]1=C2C=CC(S(=O)(=O)NC3(CF)CC3)=CC2C(=O)N(Cc2cc(C)no2)C1=O. The van der Waals surface area contributed by atoms with E-state index in [0.29, 0.717) is 43.0 Å². The van der Waals surface area contributed by atoms with Crippen LogP contribution in [-0.4, -0.2) is 59.5 Å². The van der Waals surface area contributed by atoms with E-state index in [2.05, 4.69) is 9.88 Å². The Morgan fingerprint density at radius 1 is 1.35 bits per heavy atom. The molecule has 0 radical (unpaired) electrons. The number of carbonyl (C=O) groups excluding carboxylic acids is 2. The van der Waals surface area contributed by atoms with E-state index in [9.17, 15) is 22.4 Å². The molecule has 4 rings (SSSR count). The zero-order valence-electron chi connectivity index (χ0n) is 17.3. The molecule has 0 spiro atoms. The maximum Gasteiger partial charge on any atom is 0.501 e. The molecule has 3 aliphatic rings. The molecule has 11 heteroatoms. The predicted molar refractivity (Wildman–Crippen MR) is 108 cm³/mol. The Labute approximate surface area is 179 Å². The predicted octanol–water partition coefficient (Wildman–Crippen LogP) is 1.80. The van der Waals surface area contributed by atoms with Crippen molar-refractivity contribution in [2.75, 3.05) is 13.2 Å². The third-order valence-corrected chi connectivity index (χ3v) is 7.18. The van der Waals surface area contributed by atoms with Gasteiger partial charge in [0.25, 0.3) is 0 Å². The number of aryl methyl sites for hydroxylation is 1. The van der Waals surface area contributed by atoms with Crippen LogP contribution in [-0.2, 0) is 21.4 Å². The first-order valence-electron chi connectivity index (χ1n) is 10.1. The molecule has 2 heterocycles. The van der Waals surface area contributed by atoms with Gasteiger partial charge in [0.1, 0.15) is 18.3 Å². The van der Waals surface area contributed by atoms with Crippen LogP contribution >= 0.6 is 0 Å². The van der Waals surface area contributed by atoms with Gasteiger partial charge in [0, 0.05) is 6.07 Å². The van der Waals surface area contributed by atoms with Gasteiger partial charge in [-0.2, -0.15) is 14.3 Å². The highest BCUT2D eigenvalue weighted by Gasteiger charge is 2.50. The van der Waals surface area contributed by atoms with E-state index in [-0.39, 0.29) is 11.4 Å². The molecule has 1 saturated carbocycles. The number of aromatic nitrogens is 1. The van der Waals surface area contributed by atoms with Crippen LogP contribution in [0.1, 0.15) is 37.6 Å². The zero-order chi connectivity index (χ0) is 22.4. The summed E-state index contributed by atoms with van der Waals surface area (Å²) < 4.78 is 47.8. The number of hydrogen-bond acceptors (Lipinski definition) is 6. The third-order valence-electron chi connectivity index (χ3n) is 5.58. The molecule has 31 heavy (non-hydrogen) atoms. The van der Waals surface area contributed by atoms with Gasteiger partial charge in [-0.05, 0) is 44.4 Å². The van der Waals surface area contributed by atoms with Crippen molar-refractivity contribution in [3.8, 4) is 0 Å². The minimum Gasteiger partial charge on any atom is -0.357 e. The molecular formula is C20H24FN4O5S+. The summed E-state index contributed by atoms with van der Waals surface area (Å²) in [4.78, 5) is 27.2. The van der Waals surface area contributed by atoms with Crippen molar-refractivity contribution < 1.29 is 31.5 Å². The monoisotopic (exact) mass is 451 g/mol. The maximum atomic E-state index is 13.2. The quantitative estimate of drug-likeness (QED) is 0.603. The molecule has 1 fully saturated rings. The van der Waals surface area contributed by atoms with E-state index in [1.165, 1.54) is 22.8 Å². The number of amides is 3. The number of nitrogens with one attached hydrogen (secondary N) is 1. The lowest BCUT2D eigenvalue weighted by molar-refractivity contribution is -0.440. The van der Waals surface area contributed by atoms with Gasteiger partial charge in [0.05, 0.1) is 22.7 Å². The summed E-state index contributed by atoms with van der Waals surface area (Å²) >= 11 is 0. The van der Waals surface area contributed by atoms with E-state index >= 15 is 0 Å². The van der Waals surface area contributed by atoms with Crippen LogP contribution in [0.25, 0.3) is 0 Å². The highest BCUT2D eigenvalue weighted by Crippen LogP contribution is 2.37. The zero-order valence-corrected chi connectivity index (χ0v) is 18.1. The minimum absolute atomic E-state index is 0.106. The highest BCUT2D eigenvalue weighted by atomic mass is 32.2. The van der Waals surface area contributed by atoms with Gasteiger partial charge in [0.15, 0.2) is 12.3 Å². The lowest BCUT2D eigenvalue weighted by Crippen LogP contribution is -2.54. The number of nitrogens with zero attached hydrogens (tertiary/aromatic N) is 3. The van der Waals surface area contributed by atoms with Crippen molar-refractivity contribution in [1.82, 2.24) is 14.8 Å². The van der Waals surface area contributed by atoms with Crippen molar-refractivity contribution in [3.63, 3.8) is 0 Å². The normalized spacial score (nSPS) is 22.6. The molecule has 1 aromatic heterocycles. The number of fused-ring (bicyclic) bond motifs is 1. The highest BCUT2D eigenvalue weighted by molar-refractivity contribution is 7.93. The maximum absolute atomic E-state index is 13.2. The Balaban J connectivity index is 1.69. The van der Waals surface area contributed by atoms with Crippen molar-refractivity contribution in [3.05, 3.63) is 40.7 Å². The van der Waals surface area contributed by atoms with Gasteiger partial charge in [-0.3, -0.25) is 0 Å². The molecule has 166 valence electrons. The van der Waals surface area contributed by atoms with E-state index in [0.717, 1.165) is 4.90 Å². The molecule has 2 aliphatic carbocycles. The number of imide groups is 1. The fourth-order valence-corrected chi connectivity index (χ4v) is 5.24. The second-order valence-electron chi connectivity index (χ2n) is 8.12. The Morgan fingerprint density at radius 2 is 2.10 bits per heavy atom. The van der Waals surface area contributed by atoms with Gasteiger partial charge in [0.2, 0.25) is 10.0 Å². The molecule has 1 aliphatic heterocycles. The standard InChI is InChI=1S/C20H24FN4O5S/c1-3-8-24-17-5-4-15(31(28,29)23-20(12-21)6-7-20)10-16(17)18(26)25(19(24)27)11-14-9-13(2)22-30-14/h4-5,9-10,16,23H,3,6-8,11-12H2,1-2H3/q+1. The Bertz CT molecular complexity index is 1130. The van der Waals surface area contributed by atoms with Crippen LogP contribution in [0.2, 0.25) is 0 Å². The number of alkyl halides is 1. The van der Waals surface area contributed by atoms with E-state index in [1.807, 2.05) is 6.92 Å². The summed E-state index contributed by atoms with van der Waals surface area (Å²) in [5, 5.41) is 3.78. The summed E-state index contributed by atoms with van der Waals surface area (Å²) in [6.45, 7) is 3.10. The number of allylic oxidation sites excluding steroid dienone is 2. The number of urea groups is 1. The van der Waals surface area contributed by atoms with Crippen LogP contribution in [0.3, 0.4) is 0 Å². The van der Waals surface area contributed by atoms with Crippen LogP contribution in [0.5, 0.6) is 0 Å². The van der Waals surface area contributed by atoms with Gasteiger partial charge in [-0.15, -0.1) is 0 Å². The lowest BCUT2D eigenvalue weighted by Gasteiger charge is -2.27. The first-order chi connectivity index (χ1) is 14.7. The summed E-state index contributed by atoms with van der Waals surface area (Å²) in [7, 11) is -4.01. The average molecular weight is 452 g/mol. The van der Waals surface area contributed by atoms with Gasteiger partial charge in [-0.25, -0.2) is 22.3 Å². The first-order valence-corrected chi connectivity index (χ1v) is 11.6. The second-order valence-corrected chi connectivity index (χ2v) is 9.80. The number of sulfonamides is 1. The lowest BCUT2D eigenvalue weighted by atomic mass is 9.94. The van der Waals surface area contributed by atoms with Crippen LogP contribution < -0.4 is 4.72 Å². The summed E-state index contributed by atoms with van der Waals surface area (Å²) in [6, 6.07) is 1.14. The molecule has 1 atom stereocenters. The number of hydrogen-bond donors (Lipinski definition) is 1. The van der Waals surface area contributed by atoms with Crippen molar-refractivity contribution in [2.24, 2.45) is 5.92 Å². The summed E-state index contributed by atoms with van der Waals surface area (Å²) in [6.07, 6.45) is 5.67. The smallest absolute Gasteiger partial charge is 0.357 e. The molecule has 9 nitrogen and oxygen atoms in total. The average Bonchev–Trinajstić information content (AvgIpc) is 3.38. The fraction of sp³-hybridized carbons (Fsp3) is 0.500. The molecule has 0 saturated heterocycles. The molecule has 1 unspecified atom stereocenters. The Hall–Kier alpha value is -2.66. The Kier molecular flexibility index (Phi) is 5.42. The van der Waals surface area contributed by atoms with Crippen LogP contribution in [0.15, 0.2) is 33.7 Å². The topological polar surface area (TPSA) is 113 Å². The number of halogens is 1. The molecule has 3 amide bonds. The van der Waals surface area contributed by atoms with Crippen molar-refractivity contribution in [2.45, 2.75) is 45.2 Å². The molecule has 1 N–H and O–H groups in total. The molecular weight excluding hydrogens is 427 g/mol. The van der Waals surface area contributed by atoms with Crippen LogP contribution in [0.4, 0.5) is 9.18 Å². The van der Waals surface area contributed by atoms with Crippen molar-refractivity contribution in [1.29, 1.82) is 0 Å². The van der Waals surface area contributed by atoms with Crippen LogP contribution in [0, 0.1) is 12.8 Å². The van der Waals surface area contributed by atoms with E-state index in [1.54, 1.807) is 13.0 Å². The third kappa shape index (κ3) is 3.99. The minimum atomic E-state index is -4.01. The summed E-state index contributed by atoms with van der Waals surface area (Å²) in [5.74, 6) is -1.15. The number of rotatable bonds is 8. The second kappa shape index (κ2) is 7.79. The number of carbonyl (C=O) groups is 2. The summed E-state index contributed by atoms with van der Waals surface area (Å²) in [5.41, 5.74) is -0.00658. The van der Waals surface area contributed by atoms with E-state index in [4.69, 9.17) is 4.52 Å². The molecule has 0 aromatic carbocycles. The van der Waals surface area contributed by atoms with Gasteiger partial charge >= 0.3 is 11.9 Å². The first kappa shape index (κ1) is 21.6. The fourth-order valence-electron chi connectivity index (χ4n) is 3.73. The van der Waals surface area contributed by atoms with Crippen molar-refractivity contribution >= 4 is 27.7 Å². The van der Waals surface area contributed by atoms with Gasteiger partial charge < -0.3 is 4.52 Å². The largest absolute Gasteiger partial charge is 0.501 e. The molecule has 1 aromatic rings. The Morgan fingerprint density at radius 3 is 2.68 bits per heavy atom. The van der Waals surface area contributed by atoms with E-state index < -0.39 is 40.1 Å². The molecule has 0 bridgehead atoms. The van der Waals surface area contributed by atoms with Gasteiger partial charge in [-0.1, -0.05) is 12.1 Å².